The number of aromatic nitrogens is 2. The number of nitrogens with zero attached hydrogens (tertiary/aromatic N) is 5. The van der Waals surface area contributed by atoms with E-state index in [9.17, 15) is 0 Å². The van der Waals surface area contributed by atoms with E-state index in [1.165, 1.54) is 11.8 Å². The predicted octanol–water partition coefficient (Wildman–Crippen LogP) is 3.40. The molecule has 6 nitrogen and oxygen atoms in total. The van der Waals surface area contributed by atoms with Gasteiger partial charge in [-0.25, -0.2) is 0 Å². The lowest BCUT2D eigenvalue weighted by molar-refractivity contribution is 0.341. The average Bonchev–Trinajstić information content (AvgIpc) is 2.79. The van der Waals surface area contributed by atoms with Crippen molar-refractivity contribution in [2.24, 2.45) is 5.11 Å². The third-order valence-corrected chi connectivity index (χ3v) is 2.39. The van der Waals surface area contributed by atoms with E-state index >= 15 is 0 Å². The van der Waals surface area contributed by atoms with Crippen LogP contribution in [-0.2, 0) is 0 Å². The van der Waals surface area contributed by atoms with Gasteiger partial charge in [0, 0.05) is 16.2 Å². The summed E-state index contributed by atoms with van der Waals surface area (Å²) in [6, 6.07) is 7.08. The third-order valence-electron chi connectivity index (χ3n) is 1.88. The predicted molar refractivity (Wildman–Crippen MR) is 60.3 cm³/mol. The molecule has 1 aromatic carbocycles. The highest BCUT2D eigenvalue weighted by atomic mass is 32.2. The monoisotopic (exact) mass is 233 g/mol. The van der Waals surface area contributed by atoms with Crippen LogP contribution in [0.4, 0.5) is 5.69 Å². The van der Waals surface area contributed by atoms with Crippen molar-refractivity contribution in [1.82, 2.24) is 10.1 Å². The maximum Gasteiger partial charge on any atom is 0.285 e. The fraction of sp³-hybridized carbons (Fsp3) is 0.111. The van der Waals surface area contributed by atoms with E-state index in [1.807, 2.05) is 12.3 Å². The Bertz CT molecular complexity index is 546. The summed E-state index contributed by atoms with van der Waals surface area (Å²) in [6.07, 6.45) is 1.84. The minimum absolute atomic E-state index is 0.423. The molecule has 1 heterocycles. The number of azide groups is 1. The highest BCUT2D eigenvalue weighted by Gasteiger charge is 2.10. The first-order chi connectivity index (χ1) is 7.85. The second-order valence-corrected chi connectivity index (χ2v) is 3.55. The molecule has 7 heteroatoms. The molecule has 1 aromatic heterocycles. The van der Waals surface area contributed by atoms with Gasteiger partial charge in [-0.05, 0) is 11.8 Å². The van der Waals surface area contributed by atoms with Gasteiger partial charge in [-0.15, -0.1) is 0 Å². The number of thioether (sulfide) groups is 1. The highest BCUT2D eigenvalue weighted by molar-refractivity contribution is 7.98. The van der Waals surface area contributed by atoms with Gasteiger partial charge in [0.2, 0.25) is 5.82 Å². The van der Waals surface area contributed by atoms with Crippen molar-refractivity contribution in [3.63, 3.8) is 0 Å². The highest BCUT2D eigenvalue weighted by Crippen LogP contribution is 2.28. The largest absolute Gasteiger partial charge is 0.327 e. The van der Waals surface area contributed by atoms with Gasteiger partial charge in [0.25, 0.3) is 5.22 Å². The van der Waals surface area contributed by atoms with E-state index in [0.29, 0.717) is 22.3 Å². The van der Waals surface area contributed by atoms with Crippen LogP contribution in [0.15, 0.2) is 39.1 Å². The van der Waals surface area contributed by atoms with Gasteiger partial charge in [0.05, 0.1) is 0 Å². The molecule has 0 spiro atoms. The average molecular weight is 233 g/mol. The molecule has 0 aliphatic heterocycles. The third kappa shape index (κ3) is 2.00. The molecule has 0 N–H and O–H groups in total. The van der Waals surface area contributed by atoms with E-state index in [0.717, 1.165) is 0 Å². The Hall–Kier alpha value is -1.98. The van der Waals surface area contributed by atoms with Gasteiger partial charge in [-0.2, -0.15) is 4.98 Å². The summed E-state index contributed by atoms with van der Waals surface area (Å²) >= 11 is 1.36. The molecule has 2 rings (SSSR count). The summed E-state index contributed by atoms with van der Waals surface area (Å²) in [5.74, 6) is 0.423. The molecule has 0 amide bonds. The zero-order valence-corrected chi connectivity index (χ0v) is 9.18. The molecule has 0 saturated carbocycles. The van der Waals surface area contributed by atoms with Gasteiger partial charge in [-0.3, -0.25) is 0 Å². The summed E-state index contributed by atoms with van der Waals surface area (Å²) in [4.78, 5) is 6.90. The van der Waals surface area contributed by atoms with Crippen LogP contribution in [0, 0.1) is 0 Å². The van der Waals surface area contributed by atoms with Gasteiger partial charge < -0.3 is 4.52 Å². The lowest BCUT2D eigenvalue weighted by Gasteiger charge is -1.97. The van der Waals surface area contributed by atoms with Crippen molar-refractivity contribution in [2.75, 3.05) is 6.26 Å². The van der Waals surface area contributed by atoms with Crippen LogP contribution in [0.25, 0.3) is 21.8 Å². The lowest BCUT2D eigenvalue weighted by atomic mass is 10.2. The minimum atomic E-state index is 0.423. The zero-order valence-electron chi connectivity index (χ0n) is 8.36. The zero-order chi connectivity index (χ0) is 11.4. The first-order valence-corrected chi connectivity index (χ1v) is 5.60. The van der Waals surface area contributed by atoms with E-state index in [4.69, 9.17) is 10.1 Å². The number of hydrogen-bond donors (Lipinski definition) is 0. The second kappa shape index (κ2) is 4.69. The molecular weight excluding hydrogens is 226 g/mol. The molecule has 80 valence electrons. The summed E-state index contributed by atoms with van der Waals surface area (Å²) in [7, 11) is 0. The van der Waals surface area contributed by atoms with Gasteiger partial charge >= 0.3 is 0 Å². The maximum absolute atomic E-state index is 8.43. The molecule has 0 bridgehead atoms. The molecule has 0 aliphatic rings. The summed E-state index contributed by atoms with van der Waals surface area (Å²) < 4.78 is 4.97. The smallest absolute Gasteiger partial charge is 0.285 e. The molecule has 16 heavy (non-hydrogen) atoms. The quantitative estimate of drug-likeness (QED) is 0.351. The molecule has 0 saturated heterocycles. The van der Waals surface area contributed by atoms with Crippen molar-refractivity contribution >= 4 is 17.4 Å². The Morgan fingerprint density at radius 2 is 2.25 bits per heavy atom. The van der Waals surface area contributed by atoms with Gasteiger partial charge in [-0.1, -0.05) is 46.3 Å². The molecule has 2 aromatic rings. The van der Waals surface area contributed by atoms with Crippen molar-refractivity contribution < 1.29 is 4.52 Å². The Labute approximate surface area is 95.3 Å². The van der Waals surface area contributed by atoms with Crippen LogP contribution in [0.2, 0.25) is 0 Å². The van der Waals surface area contributed by atoms with Crippen molar-refractivity contribution in [3.05, 3.63) is 34.7 Å². The molecule has 0 unspecified atom stereocenters. The van der Waals surface area contributed by atoms with Crippen molar-refractivity contribution in [2.45, 2.75) is 5.22 Å². The van der Waals surface area contributed by atoms with Crippen LogP contribution < -0.4 is 0 Å². The summed E-state index contributed by atoms with van der Waals surface area (Å²) in [5.41, 5.74) is 9.57. The Morgan fingerprint density at radius 1 is 1.44 bits per heavy atom. The van der Waals surface area contributed by atoms with Crippen LogP contribution in [0.5, 0.6) is 0 Å². The van der Waals surface area contributed by atoms with Crippen LogP contribution in [0.1, 0.15) is 0 Å². The van der Waals surface area contributed by atoms with Crippen LogP contribution >= 0.6 is 11.8 Å². The van der Waals surface area contributed by atoms with E-state index in [1.54, 1.807) is 18.2 Å². The lowest BCUT2D eigenvalue weighted by Crippen LogP contribution is -1.80. The van der Waals surface area contributed by atoms with Gasteiger partial charge in [0.15, 0.2) is 0 Å². The topological polar surface area (TPSA) is 87.7 Å². The molecule has 0 fully saturated rings. The Balaban J connectivity index is 2.50. The maximum atomic E-state index is 8.43. The van der Waals surface area contributed by atoms with Crippen molar-refractivity contribution in [1.29, 1.82) is 0 Å². The van der Waals surface area contributed by atoms with E-state index < -0.39 is 0 Å². The fourth-order valence-corrected chi connectivity index (χ4v) is 1.49. The Kier molecular flexibility index (Phi) is 3.09. The molecule has 0 atom stereocenters. The number of hydrogen-bond acceptors (Lipinski definition) is 5. The standard InChI is InChI=1S/C9H7N5OS/c1-16-9-11-8(13-15-9)6-4-2-3-5-7(6)12-14-10/h2-5H,1H3. The van der Waals surface area contributed by atoms with Crippen molar-refractivity contribution in [3.8, 4) is 11.4 Å². The van der Waals surface area contributed by atoms with Crippen LogP contribution in [-0.4, -0.2) is 16.4 Å². The normalized spacial score (nSPS) is 9.81. The van der Waals surface area contributed by atoms with E-state index in [2.05, 4.69) is 20.2 Å². The first-order valence-electron chi connectivity index (χ1n) is 4.37. The number of rotatable bonds is 3. The molecule has 0 radical (unpaired) electrons. The molecule has 0 aliphatic carbocycles. The van der Waals surface area contributed by atoms with Crippen LogP contribution in [0.3, 0.4) is 0 Å². The Morgan fingerprint density at radius 3 is 2.94 bits per heavy atom. The second-order valence-electron chi connectivity index (χ2n) is 2.79. The SMILES string of the molecule is CSc1nc(-c2ccccc2N=[N+]=[N-])no1. The van der Waals surface area contributed by atoms with E-state index in [-0.39, 0.29) is 0 Å². The minimum Gasteiger partial charge on any atom is -0.327 e. The first kappa shape index (κ1) is 10.5. The summed E-state index contributed by atoms with van der Waals surface area (Å²) in [5, 5.41) is 7.86. The van der Waals surface area contributed by atoms with Gasteiger partial charge in [0.1, 0.15) is 0 Å². The number of benzene rings is 1. The fourth-order valence-electron chi connectivity index (χ4n) is 1.20. The molecular formula is C9H7N5OS. The summed E-state index contributed by atoms with van der Waals surface area (Å²) in [6.45, 7) is 0.